The van der Waals surface area contributed by atoms with E-state index in [9.17, 15) is 9.18 Å². The molecule has 0 radical (unpaired) electrons. The van der Waals surface area contributed by atoms with E-state index in [1.807, 2.05) is 35.2 Å². The van der Waals surface area contributed by atoms with Crippen molar-refractivity contribution in [2.75, 3.05) is 19.7 Å². The molecule has 0 aliphatic carbocycles. The van der Waals surface area contributed by atoms with Crippen LogP contribution in [0.25, 0.3) is 0 Å². The maximum absolute atomic E-state index is 13.0. The molecule has 1 amide bonds. The SMILES string of the molecule is O=C(c1ccc(F)cc1)N1CCCC(COc2ccccc2)C1. The summed E-state index contributed by atoms with van der Waals surface area (Å²) < 4.78 is 18.8. The number of hydrogen-bond acceptors (Lipinski definition) is 2. The van der Waals surface area contributed by atoms with E-state index in [4.69, 9.17) is 4.74 Å². The van der Waals surface area contributed by atoms with Gasteiger partial charge in [0, 0.05) is 24.6 Å². The van der Waals surface area contributed by atoms with Crippen LogP contribution < -0.4 is 4.74 Å². The van der Waals surface area contributed by atoms with Crippen molar-refractivity contribution in [1.82, 2.24) is 4.90 Å². The Balaban J connectivity index is 1.57. The Morgan fingerprint density at radius 1 is 1.13 bits per heavy atom. The predicted octanol–water partition coefficient (Wildman–Crippen LogP) is 3.76. The summed E-state index contributed by atoms with van der Waals surface area (Å²) in [6, 6.07) is 15.5. The highest BCUT2D eigenvalue weighted by Gasteiger charge is 2.24. The fraction of sp³-hybridized carbons (Fsp3) is 0.316. The first-order valence-electron chi connectivity index (χ1n) is 7.95. The number of hydrogen-bond donors (Lipinski definition) is 0. The number of halogens is 1. The largest absolute Gasteiger partial charge is 0.493 e. The molecule has 0 saturated carbocycles. The van der Waals surface area contributed by atoms with E-state index in [2.05, 4.69) is 0 Å². The molecule has 0 spiro atoms. The van der Waals surface area contributed by atoms with Gasteiger partial charge < -0.3 is 9.64 Å². The van der Waals surface area contributed by atoms with Gasteiger partial charge in [-0.05, 0) is 49.2 Å². The van der Waals surface area contributed by atoms with Crippen molar-refractivity contribution in [3.8, 4) is 5.75 Å². The molecule has 1 fully saturated rings. The summed E-state index contributed by atoms with van der Waals surface area (Å²) in [5.41, 5.74) is 0.538. The highest BCUT2D eigenvalue weighted by Crippen LogP contribution is 2.20. The van der Waals surface area contributed by atoms with Crippen LogP contribution in [0.15, 0.2) is 54.6 Å². The molecular formula is C19H20FNO2. The summed E-state index contributed by atoms with van der Waals surface area (Å²) in [6.45, 7) is 2.04. The van der Waals surface area contributed by atoms with Gasteiger partial charge in [0.05, 0.1) is 6.61 Å². The summed E-state index contributed by atoms with van der Waals surface area (Å²) in [5, 5.41) is 0. The van der Waals surface area contributed by atoms with Crippen LogP contribution >= 0.6 is 0 Å². The van der Waals surface area contributed by atoms with Crippen LogP contribution in [0, 0.1) is 11.7 Å². The fourth-order valence-corrected chi connectivity index (χ4v) is 2.89. The lowest BCUT2D eigenvalue weighted by molar-refractivity contribution is 0.0633. The van der Waals surface area contributed by atoms with E-state index in [0.717, 1.165) is 25.1 Å². The molecule has 4 heteroatoms. The molecule has 0 N–H and O–H groups in total. The summed E-state index contributed by atoms with van der Waals surface area (Å²) in [5.74, 6) is 0.826. The van der Waals surface area contributed by atoms with E-state index in [1.54, 1.807) is 12.1 Å². The Bertz CT molecular complexity index is 642. The molecule has 1 unspecified atom stereocenters. The monoisotopic (exact) mass is 313 g/mol. The zero-order valence-corrected chi connectivity index (χ0v) is 13.0. The Labute approximate surface area is 135 Å². The second-order valence-corrected chi connectivity index (χ2v) is 5.89. The molecule has 1 aliphatic rings. The molecule has 3 rings (SSSR count). The van der Waals surface area contributed by atoms with Crippen molar-refractivity contribution in [2.45, 2.75) is 12.8 Å². The van der Waals surface area contributed by atoms with Crippen molar-refractivity contribution in [3.63, 3.8) is 0 Å². The molecule has 0 aromatic heterocycles. The smallest absolute Gasteiger partial charge is 0.253 e. The third-order valence-electron chi connectivity index (χ3n) is 4.13. The number of benzene rings is 2. The van der Waals surface area contributed by atoms with Crippen LogP contribution in [-0.2, 0) is 0 Å². The third kappa shape index (κ3) is 4.09. The number of ether oxygens (including phenoxy) is 1. The summed E-state index contributed by atoms with van der Waals surface area (Å²) in [7, 11) is 0. The topological polar surface area (TPSA) is 29.5 Å². The lowest BCUT2D eigenvalue weighted by Crippen LogP contribution is -2.41. The Hall–Kier alpha value is -2.36. The third-order valence-corrected chi connectivity index (χ3v) is 4.13. The zero-order valence-electron chi connectivity index (χ0n) is 13.0. The number of carbonyl (C=O) groups excluding carboxylic acids is 1. The van der Waals surface area contributed by atoms with Crippen LogP contribution in [0.5, 0.6) is 5.75 Å². The predicted molar refractivity (Wildman–Crippen MR) is 87.0 cm³/mol. The Morgan fingerprint density at radius 3 is 2.61 bits per heavy atom. The van der Waals surface area contributed by atoms with E-state index in [0.29, 0.717) is 24.6 Å². The van der Waals surface area contributed by atoms with Crippen LogP contribution in [0.4, 0.5) is 4.39 Å². The molecule has 1 aliphatic heterocycles. The van der Waals surface area contributed by atoms with Gasteiger partial charge in [0.15, 0.2) is 0 Å². The maximum atomic E-state index is 13.0. The molecular weight excluding hydrogens is 293 g/mol. The van der Waals surface area contributed by atoms with Crippen molar-refractivity contribution in [1.29, 1.82) is 0 Å². The molecule has 2 aromatic rings. The lowest BCUT2D eigenvalue weighted by Gasteiger charge is -2.32. The number of piperidine rings is 1. The molecule has 0 bridgehead atoms. The van der Waals surface area contributed by atoms with Gasteiger partial charge in [-0.15, -0.1) is 0 Å². The summed E-state index contributed by atoms with van der Waals surface area (Å²) in [6.07, 6.45) is 2.02. The highest BCUT2D eigenvalue weighted by atomic mass is 19.1. The minimum atomic E-state index is -0.325. The van der Waals surface area contributed by atoms with Gasteiger partial charge in [-0.25, -0.2) is 4.39 Å². The number of rotatable bonds is 4. The van der Waals surface area contributed by atoms with Crippen molar-refractivity contribution < 1.29 is 13.9 Å². The van der Waals surface area contributed by atoms with Gasteiger partial charge in [0.25, 0.3) is 5.91 Å². The maximum Gasteiger partial charge on any atom is 0.253 e. The first-order valence-corrected chi connectivity index (χ1v) is 7.95. The summed E-state index contributed by atoms with van der Waals surface area (Å²) in [4.78, 5) is 14.3. The first-order chi connectivity index (χ1) is 11.2. The zero-order chi connectivity index (χ0) is 16.1. The molecule has 1 atom stereocenters. The number of nitrogens with zero attached hydrogens (tertiary/aromatic N) is 1. The van der Waals surface area contributed by atoms with Crippen LogP contribution in [0.2, 0.25) is 0 Å². The van der Waals surface area contributed by atoms with Crippen molar-refractivity contribution in [3.05, 3.63) is 66.0 Å². The lowest BCUT2D eigenvalue weighted by atomic mass is 9.98. The van der Waals surface area contributed by atoms with E-state index >= 15 is 0 Å². The van der Waals surface area contributed by atoms with Crippen molar-refractivity contribution >= 4 is 5.91 Å². The normalized spacial score (nSPS) is 17.8. The molecule has 1 saturated heterocycles. The molecule has 3 nitrogen and oxygen atoms in total. The molecule has 1 heterocycles. The van der Waals surface area contributed by atoms with Crippen LogP contribution in [0.1, 0.15) is 23.2 Å². The average Bonchev–Trinajstić information content (AvgIpc) is 2.61. The van der Waals surface area contributed by atoms with Crippen LogP contribution in [0.3, 0.4) is 0 Å². The van der Waals surface area contributed by atoms with E-state index < -0.39 is 0 Å². The van der Waals surface area contributed by atoms with E-state index in [1.165, 1.54) is 12.1 Å². The minimum Gasteiger partial charge on any atom is -0.493 e. The van der Waals surface area contributed by atoms with Crippen molar-refractivity contribution in [2.24, 2.45) is 5.92 Å². The van der Waals surface area contributed by atoms with Gasteiger partial charge in [-0.3, -0.25) is 4.79 Å². The van der Waals surface area contributed by atoms with Gasteiger partial charge >= 0.3 is 0 Å². The number of amides is 1. The first kappa shape index (κ1) is 15.5. The second-order valence-electron chi connectivity index (χ2n) is 5.89. The van der Waals surface area contributed by atoms with Gasteiger partial charge in [0.2, 0.25) is 0 Å². The Kier molecular flexibility index (Phi) is 4.91. The number of carbonyl (C=O) groups is 1. The van der Waals surface area contributed by atoms with E-state index in [-0.39, 0.29) is 11.7 Å². The number of para-hydroxylation sites is 1. The fourth-order valence-electron chi connectivity index (χ4n) is 2.89. The highest BCUT2D eigenvalue weighted by molar-refractivity contribution is 5.94. The second kappa shape index (κ2) is 7.27. The molecule has 2 aromatic carbocycles. The minimum absolute atomic E-state index is 0.0330. The Morgan fingerprint density at radius 2 is 1.87 bits per heavy atom. The molecule has 23 heavy (non-hydrogen) atoms. The summed E-state index contributed by atoms with van der Waals surface area (Å²) >= 11 is 0. The van der Waals surface area contributed by atoms with Gasteiger partial charge in [-0.2, -0.15) is 0 Å². The molecule has 120 valence electrons. The van der Waals surface area contributed by atoms with Gasteiger partial charge in [-0.1, -0.05) is 18.2 Å². The van der Waals surface area contributed by atoms with Gasteiger partial charge in [0.1, 0.15) is 11.6 Å². The number of likely N-dealkylation sites (tertiary alicyclic amines) is 1. The quantitative estimate of drug-likeness (QED) is 0.860. The standard InChI is InChI=1S/C19H20FNO2/c20-17-10-8-16(9-11-17)19(22)21-12-4-5-15(13-21)14-23-18-6-2-1-3-7-18/h1-3,6-11,15H,4-5,12-14H2. The van der Waals surface area contributed by atoms with Crippen LogP contribution in [-0.4, -0.2) is 30.5 Å². The average molecular weight is 313 g/mol.